The van der Waals surface area contributed by atoms with Gasteiger partial charge in [0.25, 0.3) is 0 Å². The van der Waals surface area contributed by atoms with E-state index in [-0.39, 0.29) is 16.6 Å². The van der Waals surface area contributed by atoms with Crippen LogP contribution in [-0.2, 0) is 9.84 Å². The highest BCUT2D eigenvalue weighted by atomic mass is 32.2. The molecule has 8 heteroatoms. The van der Waals surface area contributed by atoms with E-state index in [0.29, 0.717) is 35.0 Å². The van der Waals surface area contributed by atoms with Crippen LogP contribution in [0.25, 0.3) is 22.4 Å². The van der Waals surface area contributed by atoms with Crippen LogP contribution in [0.5, 0.6) is 0 Å². The zero-order valence-corrected chi connectivity index (χ0v) is 21.5. The molecule has 2 aromatic carbocycles. The quantitative estimate of drug-likeness (QED) is 0.525. The van der Waals surface area contributed by atoms with Gasteiger partial charge in [-0.3, -0.25) is 0 Å². The molecular weight excluding hydrogens is 463 g/mol. The third-order valence-electron chi connectivity index (χ3n) is 7.86. The first-order valence-corrected chi connectivity index (χ1v) is 14.6. The highest BCUT2D eigenvalue weighted by molar-refractivity contribution is 7.90. The predicted molar refractivity (Wildman–Crippen MR) is 138 cm³/mol. The van der Waals surface area contributed by atoms with Gasteiger partial charge in [-0.25, -0.2) is 17.8 Å². The van der Waals surface area contributed by atoms with Crippen molar-refractivity contribution < 1.29 is 12.8 Å². The molecule has 3 aromatic rings. The molecule has 6 nitrogen and oxygen atoms in total. The van der Waals surface area contributed by atoms with Crippen LogP contribution >= 0.6 is 0 Å². The maximum absolute atomic E-state index is 15.6. The van der Waals surface area contributed by atoms with Gasteiger partial charge in [-0.15, -0.1) is 0 Å². The lowest BCUT2D eigenvalue weighted by atomic mass is 9.85. The van der Waals surface area contributed by atoms with Crippen molar-refractivity contribution in [3.63, 3.8) is 0 Å². The topological polar surface area (TPSA) is 78.1 Å². The predicted octanol–water partition coefficient (Wildman–Crippen LogP) is 4.87. The van der Waals surface area contributed by atoms with E-state index < -0.39 is 9.84 Å². The molecule has 35 heavy (non-hydrogen) atoms. The van der Waals surface area contributed by atoms with E-state index in [9.17, 15) is 8.42 Å². The van der Waals surface area contributed by atoms with Crippen molar-refractivity contribution in [1.82, 2.24) is 20.2 Å². The molecule has 0 bridgehead atoms. The lowest BCUT2D eigenvalue weighted by Crippen LogP contribution is -2.53. The summed E-state index contributed by atoms with van der Waals surface area (Å²) in [5, 5.41) is 3.70. The fourth-order valence-electron chi connectivity index (χ4n) is 5.90. The molecule has 2 aliphatic heterocycles. The van der Waals surface area contributed by atoms with Gasteiger partial charge in [-0.1, -0.05) is 13.0 Å². The van der Waals surface area contributed by atoms with Gasteiger partial charge in [-0.05, 0) is 93.9 Å². The molecule has 5 rings (SSSR count). The molecule has 3 unspecified atom stereocenters. The van der Waals surface area contributed by atoms with Crippen molar-refractivity contribution in [2.75, 3.05) is 19.3 Å². The second kappa shape index (κ2) is 9.64. The molecule has 2 fully saturated rings. The maximum atomic E-state index is 15.6. The second-order valence-corrected chi connectivity index (χ2v) is 12.4. The SMILES string of the molecule is CCC1CC(N2CCC(c3ccc4nc(-c5ccc(S(C)(=O)=O)cc5)[nH]c4c3F)CC2)CC(C)N1. The number of halogens is 1. The van der Waals surface area contributed by atoms with Gasteiger partial charge in [0.2, 0.25) is 0 Å². The summed E-state index contributed by atoms with van der Waals surface area (Å²) in [6, 6.07) is 12.1. The Morgan fingerprint density at radius 3 is 2.46 bits per heavy atom. The Balaban J connectivity index is 1.31. The van der Waals surface area contributed by atoms with Crippen LogP contribution in [0.1, 0.15) is 57.4 Å². The van der Waals surface area contributed by atoms with Gasteiger partial charge in [0.1, 0.15) is 11.3 Å². The Bertz CT molecular complexity index is 1300. The minimum absolute atomic E-state index is 0.206. The van der Waals surface area contributed by atoms with E-state index in [4.69, 9.17) is 0 Å². The molecule has 0 spiro atoms. The largest absolute Gasteiger partial charge is 0.336 e. The summed E-state index contributed by atoms with van der Waals surface area (Å²) in [6.45, 7) is 6.56. The third kappa shape index (κ3) is 5.01. The number of aromatic nitrogens is 2. The molecule has 0 aliphatic carbocycles. The molecule has 0 saturated carbocycles. The molecular formula is C27H35FN4O2S. The number of piperidine rings is 2. The standard InChI is InChI=1S/C27H35FN4O2S/c1-4-20-16-21(15-17(2)29-20)32-13-11-18(12-14-32)23-9-10-24-26(25(23)28)31-27(30-24)19-5-7-22(8-6-19)35(3,33)34/h5-10,17-18,20-21,29H,4,11-16H2,1-3H3,(H,30,31). The lowest BCUT2D eigenvalue weighted by molar-refractivity contribution is 0.0979. The number of aromatic amines is 1. The summed E-state index contributed by atoms with van der Waals surface area (Å²) in [6.07, 6.45) is 6.66. The third-order valence-corrected chi connectivity index (χ3v) is 8.99. The highest BCUT2D eigenvalue weighted by Crippen LogP contribution is 2.35. The second-order valence-electron chi connectivity index (χ2n) is 10.4. The smallest absolute Gasteiger partial charge is 0.175 e. The Hall–Kier alpha value is -2.29. The average Bonchev–Trinajstić information content (AvgIpc) is 3.29. The number of fused-ring (bicyclic) bond motifs is 1. The molecule has 0 radical (unpaired) electrons. The summed E-state index contributed by atoms with van der Waals surface area (Å²) in [7, 11) is -3.27. The summed E-state index contributed by atoms with van der Waals surface area (Å²) < 4.78 is 39.1. The first-order valence-electron chi connectivity index (χ1n) is 12.7. The zero-order valence-electron chi connectivity index (χ0n) is 20.7. The number of nitrogens with zero attached hydrogens (tertiary/aromatic N) is 2. The van der Waals surface area contributed by atoms with Crippen LogP contribution in [0, 0.1) is 5.82 Å². The monoisotopic (exact) mass is 498 g/mol. The number of hydrogen-bond donors (Lipinski definition) is 2. The number of hydrogen-bond acceptors (Lipinski definition) is 5. The number of H-pyrrole nitrogens is 1. The van der Waals surface area contributed by atoms with Gasteiger partial charge >= 0.3 is 0 Å². The van der Waals surface area contributed by atoms with E-state index in [2.05, 4.69) is 34.0 Å². The first-order chi connectivity index (χ1) is 16.7. The number of sulfone groups is 1. The van der Waals surface area contributed by atoms with E-state index in [1.165, 1.54) is 19.1 Å². The van der Waals surface area contributed by atoms with Crippen molar-refractivity contribution in [3.05, 3.63) is 47.8 Å². The molecule has 0 amide bonds. The Kier molecular flexibility index (Phi) is 6.72. The maximum Gasteiger partial charge on any atom is 0.175 e. The molecule has 188 valence electrons. The Labute approximate surface area is 207 Å². The number of likely N-dealkylation sites (tertiary alicyclic amines) is 1. The van der Waals surface area contributed by atoms with Crippen molar-refractivity contribution in [2.45, 2.75) is 74.9 Å². The number of nitrogens with one attached hydrogen (secondary N) is 2. The minimum Gasteiger partial charge on any atom is -0.336 e. The van der Waals surface area contributed by atoms with Gasteiger partial charge in [0.05, 0.1) is 10.4 Å². The molecule has 3 heterocycles. The van der Waals surface area contributed by atoms with Crippen LogP contribution in [0.2, 0.25) is 0 Å². The van der Waals surface area contributed by atoms with Crippen molar-refractivity contribution >= 4 is 20.9 Å². The fourth-order valence-corrected chi connectivity index (χ4v) is 6.53. The van der Waals surface area contributed by atoms with Crippen molar-refractivity contribution in [3.8, 4) is 11.4 Å². The zero-order chi connectivity index (χ0) is 24.7. The van der Waals surface area contributed by atoms with E-state index in [0.717, 1.165) is 43.5 Å². The van der Waals surface area contributed by atoms with Crippen LogP contribution in [0.3, 0.4) is 0 Å². The summed E-state index contributed by atoms with van der Waals surface area (Å²) in [4.78, 5) is 10.6. The molecule has 2 saturated heterocycles. The number of imidazole rings is 1. The Morgan fingerprint density at radius 1 is 1.09 bits per heavy atom. The minimum atomic E-state index is -3.27. The summed E-state index contributed by atoms with van der Waals surface area (Å²) >= 11 is 0. The molecule has 2 N–H and O–H groups in total. The van der Waals surface area contributed by atoms with Crippen molar-refractivity contribution in [2.24, 2.45) is 0 Å². The molecule has 1 aromatic heterocycles. The number of rotatable bonds is 5. The Morgan fingerprint density at radius 2 is 1.80 bits per heavy atom. The van der Waals surface area contributed by atoms with Crippen LogP contribution in [-0.4, -0.2) is 60.8 Å². The molecule has 3 atom stereocenters. The average molecular weight is 499 g/mol. The molecule has 2 aliphatic rings. The van der Waals surface area contributed by atoms with Gasteiger partial charge < -0.3 is 15.2 Å². The first kappa shape index (κ1) is 24.4. The fraction of sp³-hybridized carbons (Fsp3) is 0.519. The van der Waals surface area contributed by atoms with Gasteiger partial charge in [0, 0.05) is 29.9 Å². The van der Waals surface area contributed by atoms with Crippen LogP contribution < -0.4 is 5.32 Å². The van der Waals surface area contributed by atoms with Crippen LogP contribution in [0.15, 0.2) is 41.3 Å². The summed E-state index contributed by atoms with van der Waals surface area (Å²) in [5.74, 6) is 0.531. The summed E-state index contributed by atoms with van der Waals surface area (Å²) in [5.41, 5.74) is 2.50. The van der Waals surface area contributed by atoms with E-state index >= 15 is 4.39 Å². The van der Waals surface area contributed by atoms with Crippen molar-refractivity contribution in [1.29, 1.82) is 0 Å². The van der Waals surface area contributed by atoms with Gasteiger partial charge in [0.15, 0.2) is 15.7 Å². The van der Waals surface area contributed by atoms with E-state index in [1.807, 2.05) is 12.1 Å². The lowest BCUT2D eigenvalue weighted by Gasteiger charge is -2.43. The normalized spacial score (nSPS) is 24.7. The number of benzene rings is 2. The van der Waals surface area contributed by atoms with Crippen LogP contribution in [0.4, 0.5) is 4.39 Å². The van der Waals surface area contributed by atoms with Gasteiger partial charge in [-0.2, -0.15) is 0 Å². The highest BCUT2D eigenvalue weighted by Gasteiger charge is 2.32. The van der Waals surface area contributed by atoms with E-state index in [1.54, 1.807) is 24.3 Å².